The lowest BCUT2D eigenvalue weighted by atomic mass is 10.1. The maximum Gasteiger partial charge on any atom is 0.225 e. The highest BCUT2D eigenvalue weighted by atomic mass is 79.9. The van der Waals surface area contributed by atoms with Gasteiger partial charge in [0.05, 0.1) is 4.47 Å². The number of carbonyl (C=O) groups is 1. The number of hydrogen-bond donors (Lipinski definition) is 1. The Hall–Kier alpha value is -1.21. The van der Waals surface area contributed by atoms with E-state index in [1.54, 1.807) is 12.4 Å². The number of carbonyl (C=O) groups excluding carboxylic acids is 1. The van der Waals surface area contributed by atoms with Gasteiger partial charge in [0.2, 0.25) is 11.9 Å². The van der Waals surface area contributed by atoms with Crippen molar-refractivity contribution in [3.8, 4) is 0 Å². The second-order valence-corrected chi connectivity index (χ2v) is 5.86. The lowest BCUT2D eigenvalue weighted by Crippen LogP contribution is -2.50. The molecule has 1 fully saturated rings. The van der Waals surface area contributed by atoms with Crippen molar-refractivity contribution in [1.82, 2.24) is 14.9 Å². The van der Waals surface area contributed by atoms with Gasteiger partial charge in [-0.15, -0.1) is 0 Å². The predicted molar refractivity (Wildman–Crippen MR) is 81.4 cm³/mol. The van der Waals surface area contributed by atoms with Crippen LogP contribution in [-0.2, 0) is 4.79 Å². The van der Waals surface area contributed by atoms with Crippen LogP contribution >= 0.6 is 15.9 Å². The monoisotopic (exact) mass is 341 g/mol. The molecule has 0 aromatic carbocycles. The molecule has 1 aromatic heterocycles. The molecule has 1 amide bonds. The molecule has 2 rings (SSSR count). The third-order valence-corrected chi connectivity index (χ3v) is 3.89. The molecule has 0 aliphatic carbocycles. The van der Waals surface area contributed by atoms with Crippen LogP contribution in [0.15, 0.2) is 16.9 Å². The Labute approximate surface area is 127 Å². The van der Waals surface area contributed by atoms with Gasteiger partial charge in [0.15, 0.2) is 0 Å². The Morgan fingerprint density at radius 2 is 1.95 bits per heavy atom. The number of piperazine rings is 1. The summed E-state index contributed by atoms with van der Waals surface area (Å²) in [5.41, 5.74) is 5.83. The Morgan fingerprint density at radius 3 is 2.50 bits per heavy atom. The van der Waals surface area contributed by atoms with E-state index < -0.39 is 0 Å². The van der Waals surface area contributed by atoms with Crippen molar-refractivity contribution >= 4 is 27.8 Å². The van der Waals surface area contributed by atoms with Gasteiger partial charge < -0.3 is 15.5 Å². The summed E-state index contributed by atoms with van der Waals surface area (Å²) in [5.74, 6) is 0.862. The molecule has 110 valence electrons. The van der Waals surface area contributed by atoms with E-state index in [-0.39, 0.29) is 11.9 Å². The second-order valence-electron chi connectivity index (χ2n) is 4.94. The van der Waals surface area contributed by atoms with Gasteiger partial charge in [-0.3, -0.25) is 4.79 Å². The van der Waals surface area contributed by atoms with Crippen molar-refractivity contribution in [3.63, 3.8) is 0 Å². The van der Waals surface area contributed by atoms with Crippen molar-refractivity contribution in [1.29, 1.82) is 0 Å². The fourth-order valence-electron chi connectivity index (χ4n) is 2.12. The molecule has 0 spiro atoms. The first-order valence-electron chi connectivity index (χ1n) is 6.86. The van der Waals surface area contributed by atoms with Gasteiger partial charge in [-0.1, -0.05) is 6.92 Å². The van der Waals surface area contributed by atoms with Gasteiger partial charge in [0.1, 0.15) is 0 Å². The van der Waals surface area contributed by atoms with Crippen LogP contribution in [0.1, 0.15) is 19.8 Å². The van der Waals surface area contributed by atoms with Crippen molar-refractivity contribution in [2.75, 3.05) is 31.1 Å². The number of nitrogens with two attached hydrogens (primary N) is 1. The maximum atomic E-state index is 12.0. The Balaban J connectivity index is 1.86. The number of hydrogen-bond acceptors (Lipinski definition) is 5. The lowest BCUT2D eigenvalue weighted by Gasteiger charge is -2.35. The molecule has 2 N–H and O–H groups in total. The SMILES string of the molecule is CCC(N)CC(=O)N1CCN(c2ncc(Br)cn2)CC1. The van der Waals surface area contributed by atoms with Crippen LogP contribution < -0.4 is 10.6 Å². The number of aromatic nitrogens is 2. The Morgan fingerprint density at radius 1 is 1.35 bits per heavy atom. The van der Waals surface area contributed by atoms with E-state index in [2.05, 4.69) is 30.8 Å². The average molecular weight is 342 g/mol. The molecule has 1 aliphatic heterocycles. The van der Waals surface area contributed by atoms with Gasteiger partial charge in [-0.25, -0.2) is 9.97 Å². The Kier molecular flexibility index (Phi) is 5.31. The quantitative estimate of drug-likeness (QED) is 0.884. The summed E-state index contributed by atoms with van der Waals surface area (Å²) in [4.78, 5) is 24.6. The zero-order valence-corrected chi connectivity index (χ0v) is 13.2. The van der Waals surface area contributed by atoms with E-state index >= 15 is 0 Å². The summed E-state index contributed by atoms with van der Waals surface area (Å²) in [6.07, 6.45) is 4.74. The topological polar surface area (TPSA) is 75.4 Å². The predicted octanol–water partition coefficient (Wildman–Crippen LogP) is 1.02. The molecule has 2 heterocycles. The van der Waals surface area contributed by atoms with Crippen LogP contribution in [0.2, 0.25) is 0 Å². The average Bonchev–Trinajstić information content (AvgIpc) is 2.48. The molecule has 0 radical (unpaired) electrons. The molecule has 0 bridgehead atoms. The summed E-state index contributed by atoms with van der Waals surface area (Å²) >= 11 is 3.32. The van der Waals surface area contributed by atoms with E-state index in [4.69, 9.17) is 5.73 Å². The van der Waals surface area contributed by atoms with Crippen LogP contribution in [0.25, 0.3) is 0 Å². The molecule has 1 aromatic rings. The first-order valence-corrected chi connectivity index (χ1v) is 7.65. The number of rotatable bonds is 4. The number of nitrogens with zero attached hydrogens (tertiary/aromatic N) is 4. The first-order chi connectivity index (χ1) is 9.60. The third kappa shape index (κ3) is 3.89. The lowest BCUT2D eigenvalue weighted by molar-refractivity contribution is -0.131. The van der Waals surface area contributed by atoms with Crippen LogP contribution in [-0.4, -0.2) is 53.0 Å². The molecule has 0 saturated carbocycles. The summed E-state index contributed by atoms with van der Waals surface area (Å²) in [5, 5.41) is 0. The molecule has 1 unspecified atom stereocenters. The third-order valence-electron chi connectivity index (χ3n) is 3.48. The number of halogens is 1. The van der Waals surface area contributed by atoms with Gasteiger partial charge in [-0.2, -0.15) is 0 Å². The second kappa shape index (κ2) is 6.99. The zero-order chi connectivity index (χ0) is 14.5. The fraction of sp³-hybridized carbons (Fsp3) is 0.615. The molecular formula is C13H20BrN5O. The summed E-state index contributed by atoms with van der Waals surface area (Å²) < 4.78 is 0.864. The molecule has 7 heteroatoms. The van der Waals surface area contributed by atoms with Crippen LogP contribution in [0.4, 0.5) is 5.95 Å². The fourth-order valence-corrected chi connectivity index (χ4v) is 2.33. The van der Waals surface area contributed by atoms with Gasteiger partial charge in [-0.05, 0) is 22.4 Å². The van der Waals surface area contributed by atoms with Crippen molar-refractivity contribution in [3.05, 3.63) is 16.9 Å². The molecular weight excluding hydrogens is 322 g/mol. The Bertz CT molecular complexity index is 445. The molecule has 6 nitrogen and oxygen atoms in total. The minimum atomic E-state index is -0.0321. The van der Waals surface area contributed by atoms with Crippen LogP contribution in [0, 0.1) is 0 Å². The van der Waals surface area contributed by atoms with E-state index in [0.29, 0.717) is 25.5 Å². The van der Waals surface area contributed by atoms with E-state index in [0.717, 1.165) is 24.0 Å². The normalized spacial score (nSPS) is 17.1. The van der Waals surface area contributed by atoms with Crippen molar-refractivity contribution in [2.24, 2.45) is 5.73 Å². The summed E-state index contributed by atoms with van der Waals surface area (Å²) in [6.45, 7) is 4.92. The van der Waals surface area contributed by atoms with Crippen LogP contribution in [0.3, 0.4) is 0 Å². The highest BCUT2D eigenvalue weighted by molar-refractivity contribution is 9.10. The molecule has 1 aliphatic rings. The minimum absolute atomic E-state index is 0.0321. The smallest absolute Gasteiger partial charge is 0.225 e. The van der Waals surface area contributed by atoms with Gasteiger partial charge >= 0.3 is 0 Å². The standard InChI is InChI=1S/C13H20BrN5O/c1-2-11(15)7-12(20)18-3-5-19(6-4-18)13-16-8-10(14)9-17-13/h8-9,11H,2-7,15H2,1H3. The largest absolute Gasteiger partial charge is 0.339 e. The molecule has 1 atom stereocenters. The molecule has 20 heavy (non-hydrogen) atoms. The summed E-state index contributed by atoms with van der Waals surface area (Å²) in [7, 11) is 0. The van der Waals surface area contributed by atoms with Crippen LogP contribution in [0.5, 0.6) is 0 Å². The van der Waals surface area contributed by atoms with E-state index in [9.17, 15) is 4.79 Å². The zero-order valence-electron chi connectivity index (χ0n) is 11.6. The number of anilines is 1. The minimum Gasteiger partial charge on any atom is -0.339 e. The highest BCUT2D eigenvalue weighted by Crippen LogP contribution is 2.14. The van der Waals surface area contributed by atoms with E-state index in [1.807, 2.05) is 11.8 Å². The number of amides is 1. The van der Waals surface area contributed by atoms with Gasteiger partial charge in [0.25, 0.3) is 0 Å². The highest BCUT2D eigenvalue weighted by Gasteiger charge is 2.23. The van der Waals surface area contributed by atoms with E-state index in [1.165, 1.54) is 0 Å². The van der Waals surface area contributed by atoms with Crippen molar-refractivity contribution < 1.29 is 4.79 Å². The molecule has 1 saturated heterocycles. The maximum absolute atomic E-state index is 12.0. The first kappa shape index (κ1) is 15.2. The summed E-state index contributed by atoms with van der Waals surface area (Å²) in [6, 6.07) is -0.0321. The van der Waals surface area contributed by atoms with Crippen molar-refractivity contribution in [2.45, 2.75) is 25.8 Å². The van der Waals surface area contributed by atoms with Gasteiger partial charge in [0, 0.05) is 51.0 Å².